The average molecular weight is 493 g/mol. The molecule has 0 aromatic heterocycles. The van der Waals surface area contributed by atoms with Crippen molar-refractivity contribution in [3.63, 3.8) is 0 Å². The quantitative estimate of drug-likeness (QED) is 0.256. The number of aryl methyl sites for hydroxylation is 1. The van der Waals surface area contributed by atoms with Crippen LogP contribution in [0, 0.1) is 23.4 Å². The monoisotopic (exact) mass is 492 g/mol. The molecule has 3 aromatic carbocycles. The van der Waals surface area contributed by atoms with Crippen LogP contribution >= 0.6 is 0 Å². The van der Waals surface area contributed by atoms with E-state index in [1.165, 1.54) is 49.8 Å². The summed E-state index contributed by atoms with van der Waals surface area (Å²) in [6.07, 6.45) is 11.5. The number of rotatable bonds is 10. The first-order chi connectivity index (χ1) is 17.5. The molecule has 1 aliphatic carbocycles. The molecule has 36 heavy (non-hydrogen) atoms. The molecule has 0 saturated carbocycles. The number of hydrogen-bond donors (Lipinski definition) is 0. The van der Waals surface area contributed by atoms with Crippen LogP contribution in [0.25, 0.3) is 22.3 Å². The van der Waals surface area contributed by atoms with Gasteiger partial charge in [0.15, 0.2) is 11.6 Å². The highest BCUT2D eigenvalue weighted by atomic mass is 19.2. The molecule has 0 heterocycles. The average Bonchev–Trinajstić information content (AvgIpc) is 2.90. The summed E-state index contributed by atoms with van der Waals surface area (Å²) in [5, 5.41) is 0. The van der Waals surface area contributed by atoms with Crippen LogP contribution in [0.1, 0.15) is 64.4 Å². The lowest BCUT2D eigenvalue weighted by molar-refractivity contribution is 0.314. The molecule has 1 aliphatic rings. The van der Waals surface area contributed by atoms with Gasteiger partial charge in [-0.2, -0.15) is 4.39 Å². The third-order valence-electron chi connectivity index (χ3n) is 7.22. The summed E-state index contributed by atoms with van der Waals surface area (Å²) < 4.78 is 48.9. The van der Waals surface area contributed by atoms with Gasteiger partial charge in [-0.25, -0.2) is 8.78 Å². The van der Waals surface area contributed by atoms with Crippen molar-refractivity contribution in [2.45, 2.75) is 65.2 Å². The van der Waals surface area contributed by atoms with Gasteiger partial charge in [-0.05, 0) is 85.4 Å². The number of ether oxygens (including phenoxy) is 1. The van der Waals surface area contributed by atoms with Crippen molar-refractivity contribution in [1.82, 2.24) is 0 Å². The van der Waals surface area contributed by atoms with Crippen molar-refractivity contribution in [1.29, 1.82) is 0 Å². The van der Waals surface area contributed by atoms with E-state index in [0.717, 1.165) is 35.4 Å². The van der Waals surface area contributed by atoms with E-state index in [2.05, 4.69) is 13.0 Å². The van der Waals surface area contributed by atoms with E-state index < -0.39 is 11.6 Å². The zero-order chi connectivity index (χ0) is 25.5. The Morgan fingerprint density at radius 3 is 2.25 bits per heavy atom. The number of hydrogen-bond acceptors (Lipinski definition) is 1. The molecule has 0 fully saturated rings. The highest BCUT2D eigenvalue weighted by Crippen LogP contribution is 2.33. The molecule has 4 heteroatoms. The Morgan fingerprint density at radius 2 is 1.58 bits per heavy atom. The van der Waals surface area contributed by atoms with E-state index in [1.807, 2.05) is 12.1 Å². The molecule has 0 aliphatic heterocycles. The second kappa shape index (κ2) is 12.3. The summed E-state index contributed by atoms with van der Waals surface area (Å²) in [6.45, 7) is 4.22. The molecule has 0 amide bonds. The van der Waals surface area contributed by atoms with Crippen LogP contribution in [0.4, 0.5) is 13.2 Å². The Kier molecular flexibility index (Phi) is 8.90. The van der Waals surface area contributed by atoms with Crippen LogP contribution in [0.5, 0.6) is 5.75 Å². The fourth-order valence-electron chi connectivity index (χ4n) is 5.01. The summed E-state index contributed by atoms with van der Waals surface area (Å²) in [6, 6.07) is 15.4. The molecule has 0 spiro atoms. The van der Waals surface area contributed by atoms with Gasteiger partial charge >= 0.3 is 0 Å². The van der Waals surface area contributed by atoms with E-state index >= 15 is 0 Å². The second-order valence-electron chi connectivity index (χ2n) is 9.70. The molecule has 1 nitrogen and oxygen atoms in total. The maximum Gasteiger partial charge on any atom is 0.201 e. The predicted molar refractivity (Wildman–Crippen MR) is 142 cm³/mol. The van der Waals surface area contributed by atoms with Gasteiger partial charge in [-0.1, -0.05) is 74.2 Å². The molecule has 1 atom stereocenters. The number of unbranched alkanes of at least 4 members (excludes halogenated alkanes) is 1. The number of halogens is 3. The molecule has 0 N–H and O–H groups in total. The van der Waals surface area contributed by atoms with Gasteiger partial charge in [0.05, 0.1) is 6.61 Å². The largest absolute Gasteiger partial charge is 0.491 e. The maximum atomic E-state index is 14.9. The lowest BCUT2D eigenvalue weighted by atomic mass is 9.84. The fraction of sp³-hybridized carbons (Fsp3) is 0.375. The van der Waals surface area contributed by atoms with Crippen LogP contribution in [-0.2, 0) is 6.42 Å². The first kappa shape index (κ1) is 26.1. The molecule has 0 radical (unpaired) electrons. The number of allylic oxidation sites excluding steroid dienone is 2. The van der Waals surface area contributed by atoms with Crippen LogP contribution in [0.2, 0.25) is 0 Å². The zero-order valence-corrected chi connectivity index (χ0v) is 21.3. The third kappa shape index (κ3) is 6.21. The Hall–Kier alpha value is -3.01. The Morgan fingerprint density at radius 1 is 0.833 bits per heavy atom. The zero-order valence-electron chi connectivity index (χ0n) is 21.3. The number of benzene rings is 3. The van der Waals surface area contributed by atoms with Crippen molar-refractivity contribution in [2.24, 2.45) is 5.92 Å². The predicted octanol–water partition coefficient (Wildman–Crippen LogP) is 9.69. The van der Waals surface area contributed by atoms with Gasteiger partial charge in [-0.3, -0.25) is 0 Å². The summed E-state index contributed by atoms with van der Waals surface area (Å²) in [7, 11) is 0. The summed E-state index contributed by atoms with van der Waals surface area (Å²) in [4.78, 5) is 0. The smallest absolute Gasteiger partial charge is 0.201 e. The standard InChI is InChI=1S/C32H35F3O/c1-3-5-6-22-7-9-23(10-8-22)11-12-26-17-18-27(21-29(26)33)24-13-15-25(16-14-24)28-19-20-30(36-4-2)32(35)31(28)34/h9,13-22H,3-8,10-12H2,1-2H3. The summed E-state index contributed by atoms with van der Waals surface area (Å²) in [5.74, 6) is -1.40. The Bertz CT molecular complexity index is 1200. The topological polar surface area (TPSA) is 9.23 Å². The van der Waals surface area contributed by atoms with E-state index in [-0.39, 0.29) is 23.7 Å². The second-order valence-corrected chi connectivity index (χ2v) is 9.70. The van der Waals surface area contributed by atoms with Crippen molar-refractivity contribution in [3.8, 4) is 28.0 Å². The Balaban J connectivity index is 1.40. The minimum atomic E-state index is -0.989. The first-order valence-corrected chi connectivity index (χ1v) is 13.2. The van der Waals surface area contributed by atoms with Crippen LogP contribution in [0.15, 0.2) is 66.2 Å². The van der Waals surface area contributed by atoms with Gasteiger partial charge in [0, 0.05) is 5.56 Å². The van der Waals surface area contributed by atoms with Crippen LogP contribution in [0.3, 0.4) is 0 Å². The van der Waals surface area contributed by atoms with E-state index in [9.17, 15) is 13.2 Å². The molecule has 190 valence electrons. The lowest BCUT2D eigenvalue weighted by Crippen LogP contribution is -2.06. The molecule has 0 bridgehead atoms. The first-order valence-electron chi connectivity index (χ1n) is 13.2. The molecule has 4 rings (SSSR count). The maximum absolute atomic E-state index is 14.9. The summed E-state index contributed by atoms with van der Waals surface area (Å²) in [5.41, 5.74) is 4.49. The minimum Gasteiger partial charge on any atom is -0.491 e. The fourth-order valence-corrected chi connectivity index (χ4v) is 5.01. The normalized spacial score (nSPS) is 15.6. The molecular weight excluding hydrogens is 457 g/mol. The van der Waals surface area contributed by atoms with Gasteiger partial charge in [0.25, 0.3) is 0 Å². The van der Waals surface area contributed by atoms with Crippen molar-refractivity contribution in [3.05, 3.63) is 89.3 Å². The molecule has 0 saturated heterocycles. The minimum absolute atomic E-state index is 0.0955. The van der Waals surface area contributed by atoms with Crippen molar-refractivity contribution >= 4 is 0 Å². The van der Waals surface area contributed by atoms with Gasteiger partial charge in [-0.15, -0.1) is 0 Å². The van der Waals surface area contributed by atoms with Crippen LogP contribution < -0.4 is 4.74 Å². The Labute approximate surface area is 213 Å². The van der Waals surface area contributed by atoms with E-state index in [1.54, 1.807) is 37.3 Å². The van der Waals surface area contributed by atoms with Gasteiger partial charge in [0.2, 0.25) is 5.82 Å². The SMILES string of the molecule is CCCCC1CC=C(CCc2ccc(-c3ccc(-c4ccc(OCC)c(F)c4F)cc3)cc2F)CC1. The van der Waals surface area contributed by atoms with E-state index in [4.69, 9.17) is 4.74 Å². The van der Waals surface area contributed by atoms with Crippen molar-refractivity contribution < 1.29 is 17.9 Å². The molecular formula is C32H35F3O. The molecule has 1 unspecified atom stereocenters. The van der Waals surface area contributed by atoms with Gasteiger partial charge < -0.3 is 4.74 Å². The summed E-state index contributed by atoms with van der Waals surface area (Å²) >= 11 is 0. The van der Waals surface area contributed by atoms with E-state index in [0.29, 0.717) is 12.0 Å². The molecule has 3 aromatic rings. The highest BCUT2D eigenvalue weighted by molar-refractivity contribution is 5.71. The van der Waals surface area contributed by atoms with Crippen LogP contribution in [-0.4, -0.2) is 6.61 Å². The lowest BCUT2D eigenvalue weighted by Gasteiger charge is -2.22. The van der Waals surface area contributed by atoms with Gasteiger partial charge in [0.1, 0.15) is 5.82 Å². The van der Waals surface area contributed by atoms with Crippen molar-refractivity contribution in [2.75, 3.05) is 6.61 Å². The highest BCUT2D eigenvalue weighted by Gasteiger charge is 2.17. The third-order valence-corrected chi connectivity index (χ3v) is 7.22.